The monoisotopic (exact) mass is 308 g/mol. The molecule has 5 heteroatoms. The Morgan fingerprint density at radius 2 is 1.74 bits per heavy atom. The standard InChI is InChI=1S/C18H20N4O/c1-2-7-11-14(10-6-1)21-18-17-16(19-12-20-18)15(22-23-17)13-8-4-3-5-9-13/h3-5,8-9,12,14H,1-2,6-7,10-11H2,(H,19,20,21). The van der Waals surface area contributed by atoms with Gasteiger partial charge in [-0.05, 0) is 12.8 Å². The van der Waals surface area contributed by atoms with E-state index >= 15 is 0 Å². The molecule has 1 aromatic carbocycles. The Hall–Kier alpha value is -2.43. The molecule has 0 atom stereocenters. The van der Waals surface area contributed by atoms with Crippen molar-refractivity contribution in [2.75, 3.05) is 5.32 Å². The van der Waals surface area contributed by atoms with E-state index in [1.165, 1.54) is 38.5 Å². The third-order valence-electron chi connectivity index (χ3n) is 4.50. The first-order valence-electron chi connectivity index (χ1n) is 8.34. The molecule has 5 nitrogen and oxygen atoms in total. The van der Waals surface area contributed by atoms with Crippen LogP contribution >= 0.6 is 0 Å². The van der Waals surface area contributed by atoms with Gasteiger partial charge in [0.25, 0.3) is 0 Å². The molecule has 3 aromatic rings. The fraction of sp³-hybridized carbons (Fsp3) is 0.389. The van der Waals surface area contributed by atoms with Gasteiger partial charge in [0.15, 0.2) is 5.82 Å². The van der Waals surface area contributed by atoms with E-state index in [0.29, 0.717) is 11.6 Å². The van der Waals surface area contributed by atoms with Gasteiger partial charge in [0.2, 0.25) is 5.58 Å². The molecule has 1 N–H and O–H groups in total. The van der Waals surface area contributed by atoms with Gasteiger partial charge in [-0.15, -0.1) is 0 Å². The van der Waals surface area contributed by atoms with Crippen LogP contribution in [0.4, 0.5) is 5.82 Å². The average molecular weight is 308 g/mol. The summed E-state index contributed by atoms with van der Waals surface area (Å²) in [5.74, 6) is 0.761. The zero-order chi connectivity index (χ0) is 15.5. The maximum absolute atomic E-state index is 5.57. The summed E-state index contributed by atoms with van der Waals surface area (Å²) >= 11 is 0. The summed E-state index contributed by atoms with van der Waals surface area (Å²) in [6.07, 6.45) is 9.17. The number of benzene rings is 1. The Morgan fingerprint density at radius 3 is 2.52 bits per heavy atom. The maximum Gasteiger partial charge on any atom is 0.228 e. The molecule has 0 bridgehead atoms. The molecule has 0 amide bonds. The van der Waals surface area contributed by atoms with Crippen molar-refractivity contribution in [1.82, 2.24) is 15.1 Å². The summed E-state index contributed by atoms with van der Waals surface area (Å²) in [6.45, 7) is 0. The van der Waals surface area contributed by atoms with E-state index in [1.54, 1.807) is 6.33 Å². The predicted molar refractivity (Wildman–Crippen MR) is 90.1 cm³/mol. The number of anilines is 1. The van der Waals surface area contributed by atoms with Crippen LogP contribution in [0.2, 0.25) is 0 Å². The summed E-state index contributed by atoms with van der Waals surface area (Å²) in [7, 11) is 0. The Labute approximate surface area is 135 Å². The molecule has 1 saturated carbocycles. The molecule has 2 heterocycles. The molecule has 4 rings (SSSR count). The number of nitrogens with one attached hydrogen (secondary N) is 1. The van der Waals surface area contributed by atoms with E-state index in [1.807, 2.05) is 30.3 Å². The third kappa shape index (κ3) is 2.91. The molecule has 0 aliphatic heterocycles. The van der Waals surface area contributed by atoms with E-state index in [4.69, 9.17) is 4.52 Å². The molecule has 0 unspecified atom stereocenters. The van der Waals surface area contributed by atoms with Crippen molar-refractivity contribution in [3.63, 3.8) is 0 Å². The maximum atomic E-state index is 5.57. The van der Waals surface area contributed by atoms with Gasteiger partial charge in [0.1, 0.15) is 17.5 Å². The predicted octanol–water partition coefficient (Wildman–Crippen LogP) is 4.42. The lowest BCUT2D eigenvalue weighted by Crippen LogP contribution is -2.19. The number of fused-ring (bicyclic) bond motifs is 1. The lowest BCUT2D eigenvalue weighted by Gasteiger charge is -2.16. The smallest absolute Gasteiger partial charge is 0.228 e. The van der Waals surface area contributed by atoms with Crippen molar-refractivity contribution in [1.29, 1.82) is 0 Å². The van der Waals surface area contributed by atoms with Crippen LogP contribution in [0, 0.1) is 0 Å². The minimum absolute atomic E-state index is 0.459. The normalized spacial score (nSPS) is 16.3. The lowest BCUT2D eigenvalue weighted by molar-refractivity contribution is 0.458. The topological polar surface area (TPSA) is 63.8 Å². The molecule has 1 aliphatic rings. The van der Waals surface area contributed by atoms with Crippen molar-refractivity contribution < 1.29 is 4.52 Å². The second-order valence-electron chi connectivity index (χ2n) is 6.13. The largest absolute Gasteiger partial charge is 0.364 e. The van der Waals surface area contributed by atoms with Crippen LogP contribution in [-0.2, 0) is 0 Å². The number of rotatable bonds is 3. The molecule has 118 valence electrons. The quantitative estimate of drug-likeness (QED) is 0.726. The second kappa shape index (κ2) is 6.36. The van der Waals surface area contributed by atoms with Crippen LogP contribution < -0.4 is 5.32 Å². The van der Waals surface area contributed by atoms with Crippen molar-refractivity contribution in [2.24, 2.45) is 0 Å². The summed E-state index contributed by atoms with van der Waals surface area (Å²) in [6, 6.07) is 10.4. The summed E-state index contributed by atoms with van der Waals surface area (Å²) in [4.78, 5) is 8.77. The zero-order valence-corrected chi connectivity index (χ0v) is 13.0. The Bertz CT molecular complexity index is 776. The zero-order valence-electron chi connectivity index (χ0n) is 13.0. The van der Waals surface area contributed by atoms with Gasteiger partial charge >= 0.3 is 0 Å². The lowest BCUT2D eigenvalue weighted by atomic mass is 10.1. The van der Waals surface area contributed by atoms with Crippen LogP contribution in [0.1, 0.15) is 38.5 Å². The molecule has 0 saturated heterocycles. The van der Waals surface area contributed by atoms with Gasteiger partial charge in [-0.2, -0.15) is 0 Å². The number of hydrogen-bond acceptors (Lipinski definition) is 5. The van der Waals surface area contributed by atoms with Crippen molar-refractivity contribution in [3.05, 3.63) is 36.7 Å². The average Bonchev–Trinajstić information content (AvgIpc) is 2.87. The van der Waals surface area contributed by atoms with Gasteiger partial charge in [0.05, 0.1) is 0 Å². The van der Waals surface area contributed by atoms with Crippen LogP contribution in [0.25, 0.3) is 22.4 Å². The van der Waals surface area contributed by atoms with E-state index in [9.17, 15) is 0 Å². The highest BCUT2D eigenvalue weighted by Gasteiger charge is 2.19. The fourth-order valence-corrected chi connectivity index (χ4v) is 3.27. The Kier molecular flexibility index (Phi) is 3.92. The van der Waals surface area contributed by atoms with Crippen LogP contribution in [0.3, 0.4) is 0 Å². The molecule has 1 aliphatic carbocycles. The Balaban J connectivity index is 1.67. The highest BCUT2D eigenvalue weighted by molar-refractivity contribution is 5.93. The fourth-order valence-electron chi connectivity index (χ4n) is 3.27. The molecule has 1 fully saturated rings. The van der Waals surface area contributed by atoms with E-state index in [2.05, 4.69) is 20.4 Å². The first-order chi connectivity index (χ1) is 11.4. The highest BCUT2D eigenvalue weighted by Crippen LogP contribution is 2.30. The number of nitrogens with zero attached hydrogens (tertiary/aromatic N) is 3. The third-order valence-corrected chi connectivity index (χ3v) is 4.50. The molecular weight excluding hydrogens is 288 g/mol. The van der Waals surface area contributed by atoms with Crippen LogP contribution in [0.15, 0.2) is 41.2 Å². The first-order valence-corrected chi connectivity index (χ1v) is 8.34. The van der Waals surface area contributed by atoms with E-state index in [-0.39, 0.29) is 0 Å². The molecule has 23 heavy (non-hydrogen) atoms. The van der Waals surface area contributed by atoms with E-state index < -0.39 is 0 Å². The van der Waals surface area contributed by atoms with E-state index in [0.717, 1.165) is 22.6 Å². The summed E-state index contributed by atoms with van der Waals surface area (Å²) in [5.41, 5.74) is 3.19. The Morgan fingerprint density at radius 1 is 0.957 bits per heavy atom. The summed E-state index contributed by atoms with van der Waals surface area (Å²) < 4.78 is 5.57. The van der Waals surface area contributed by atoms with Gasteiger partial charge < -0.3 is 9.84 Å². The van der Waals surface area contributed by atoms with Crippen LogP contribution in [-0.4, -0.2) is 21.2 Å². The van der Waals surface area contributed by atoms with Gasteiger partial charge in [0, 0.05) is 11.6 Å². The van der Waals surface area contributed by atoms with Gasteiger partial charge in [-0.3, -0.25) is 0 Å². The second-order valence-corrected chi connectivity index (χ2v) is 6.13. The molecule has 2 aromatic heterocycles. The number of hydrogen-bond donors (Lipinski definition) is 1. The van der Waals surface area contributed by atoms with Gasteiger partial charge in [-0.25, -0.2) is 9.97 Å². The van der Waals surface area contributed by atoms with Gasteiger partial charge in [-0.1, -0.05) is 61.2 Å². The molecule has 0 spiro atoms. The summed E-state index contributed by atoms with van der Waals surface area (Å²) in [5, 5.41) is 7.76. The van der Waals surface area contributed by atoms with Crippen molar-refractivity contribution in [3.8, 4) is 11.3 Å². The SMILES string of the molecule is c1ccc(-c2noc3c(NC4CCCCCC4)ncnc23)cc1. The molecule has 0 radical (unpaired) electrons. The highest BCUT2D eigenvalue weighted by atomic mass is 16.5. The van der Waals surface area contributed by atoms with Crippen molar-refractivity contribution in [2.45, 2.75) is 44.6 Å². The first kappa shape index (κ1) is 14.2. The van der Waals surface area contributed by atoms with Crippen molar-refractivity contribution >= 4 is 16.9 Å². The minimum Gasteiger partial charge on any atom is -0.364 e. The molecular formula is C18H20N4O. The number of aromatic nitrogens is 3. The van der Waals surface area contributed by atoms with Crippen LogP contribution in [0.5, 0.6) is 0 Å². The minimum atomic E-state index is 0.459.